The molecule has 1 aromatic heterocycles. The largest absolute Gasteiger partial charge is 0.281 e. The molecule has 1 unspecified atom stereocenters. The van der Waals surface area contributed by atoms with Gasteiger partial charge in [-0.15, -0.1) is 5.10 Å². The lowest BCUT2D eigenvalue weighted by atomic mass is 10.2. The smallest absolute Gasteiger partial charge is 0.204 e. The van der Waals surface area contributed by atoms with Crippen molar-refractivity contribution in [2.24, 2.45) is 0 Å². The Labute approximate surface area is 186 Å². The molecule has 4 rings (SSSR count). The summed E-state index contributed by atoms with van der Waals surface area (Å²) in [4.78, 5) is 2.13. The maximum absolute atomic E-state index is 12.0. The van der Waals surface area contributed by atoms with E-state index in [-0.39, 0.29) is 17.5 Å². The molecule has 0 spiro atoms. The Hall–Kier alpha value is -2.00. The van der Waals surface area contributed by atoms with Crippen molar-refractivity contribution in [1.82, 2.24) is 19.2 Å². The molecule has 0 amide bonds. The fourth-order valence-electron chi connectivity index (χ4n) is 3.80. The minimum Gasteiger partial charge on any atom is -0.281 e. The van der Waals surface area contributed by atoms with Crippen molar-refractivity contribution in [3.05, 3.63) is 64.4 Å². The van der Waals surface area contributed by atoms with Crippen LogP contribution >= 0.6 is 23.8 Å². The molecule has 1 aliphatic rings. The van der Waals surface area contributed by atoms with Crippen molar-refractivity contribution in [2.45, 2.75) is 26.1 Å². The second kappa shape index (κ2) is 8.63. The van der Waals surface area contributed by atoms with Gasteiger partial charge in [-0.1, -0.05) is 36.7 Å². The molecule has 1 atom stereocenters. The molecular formula is C21H23ClN4O2S2. The molecule has 2 heterocycles. The normalized spacial score (nSPS) is 18.2. The molecule has 1 aliphatic heterocycles. The highest BCUT2D eigenvalue weighted by Crippen LogP contribution is 2.25. The van der Waals surface area contributed by atoms with E-state index < -0.39 is 9.84 Å². The second-order valence-corrected chi connectivity index (χ2v) is 10.4. The van der Waals surface area contributed by atoms with Gasteiger partial charge >= 0.3 is 0 Å². The summed E-state index contributed by atoms with van der Waals surface area (Å²) in [5.74, 6) is 1.16. The first kappa shape index (κ1) is 21.2. The molecule has 0 aliphatic carbocycles. The van der Waals surface area contributed by atoms with Gasteiger partial charge in [0.1, 0.15) is 0 Å². The number of sulfone groups is 1. The molecular weight excluding hydrogens is 440 g/mol. The lowest BCUT2D eigenvalue weighted by Crippen LogP contribution is -2.37. The summed E-state index contributed by atoms with van der Waals surface area (Å²) in [7, 11) is -2.96. The van der Waals surface area contributed by atoms with Gasteiger partial charge < -0.3 is 0 Å². The van der Waals surface area contributed by atoms with Gasteiger partial charge in [-0.3, -0.25) is 9.47 Å². The number of hydrogen-bond acceptors (Lipinski definition) is 5. The van der Waals surface area contributed by atoms with Crippen LogP contribution in [0.15, 0.2) is 54.6 Å². The monoisotopic (exact) mass is 462 g/mol. The van der Waals surface area contributed by atoms with Gasteiger partial charge in [0, 0.05) is 22.3 Å². The SMILES string of the molecule is CCN(Cn1nc(-c2ccc(Cl)cc2)n(-c2ccccc2)c1=S)C1CCS(=O)(=O)C1. The lowest BCUT2D eigenvalue weighted by molar-refractivity contribution is 0.164. The molecule has 0 N–H and O–H groups in total. The zero-order valence-corrected chi connectivity index (χ0v) is 19.0. The van der Waals surface area contributed by atoms with E-state index >= 15 is 0 Å². The number of nitrogens with zero attached hydrogens (tertiary/aromatic N) is 4. The van der Waals surface area contributed by atoms with Crippen LogP contribution in [-0.2, 0) is 16.5 Å². The molecule has 158 valence electrons. The summed E-state index contributed by atoms with van der Waals surface area (Å²) in [6.07, 6.45) is 0.646. The number of rotatable bonds is 6. The Balaban J connectivity index is 1.76. The molecule has 2 aromatic carbocycles. The Morgan fingerprint density at radius 1 is 1.17 bits per heavy atom. The van der Waals surface area contributed by atoms with E-state index in [4.69, 9.17) is 28.9 Å². The van der Waals surface area contributed by atoms with Crippen LogP contribution in [0.2, 0.25) is 5.02 Å². The zero-order valence-electron chi connectivity index (χ0n) is 16.6. The second-order valence-electron chi connectivity index (χ2n) is 7.39. The van der Waals surface area contributed by atoms with E-state index in [0.29, 0.717) is 22.9 Å². The maximum Gasteiger partial charge on any atom is 0.204 e. The van der Waals surface area contributed by atoms with Crippen LogP contribution in [0.4, 0.5) is 0 Å². The van der Waals surface area contributed by atoms with Gasteiger partial charge in [0.15, 0.2) is 15.7 Å². The zero-order chi connectivity index (χ0) is 21.3. The predicted molar refractivity (Wildman–Crippen MR) is 122 cm³/mol. The van der Waals surface area contributed by atoms with Gasteiger partial charge in [0.2, 0.25) is 4.77 Å². The van der Waals surface area contributed by atoms with Crippen molar-refractivity contribution in [2.75, 3.05) is 18.1 Å². The highest BCUT2D eigenvalue weighted by atomic mass is 35.5. The van der Waals surface area contributed by atoms with Crippen LogP contribution in [0.1, 0.15) is 13.3 Å². The van der Waals surface area contributed by atoms with Crippen LogP contribution in [0.5, 0.6) is 0 Å². The summed E-state index contributed by atoms with van der Waals surface area (Å²) >= 11 is 11.9. The van der Waals surface area contributed by atoms with Gasteiger partial charge in [-0.2, -0.15) is 0 Å². The number of para-hydroxylation sites is 1. The van der Waals surface area contributed by atoms with Crippen LogP contribution in [0.25, 0.3) is 17.1 Å². The Bertz CT molecular complexity index is 1190. The van der Waals surface area contributed by atoms with Crippen LogP contribution in [0.3, 0.4) is 0 Å². The predicted octanol–water partition coefficient (Wildman–Crippen LogP) is 4.19. The van der Waals surface area contributed by atoms with Crippen molar-refractivity contribution in [1.29, 1.82) is 0 Å². The third kappa shape index (κ3) is 4.37. The summed E-state index contributed by atoms with van der Waals surface area (Å²) < 4.78 is 28.2. The maximum atomic E-state index is 12.0. The van der Waals surface area contributed by atoms with Gasteiger partial charge in [0.05, 0.1) is 18.2 Å². The fraction of sp³-hybridized carbons (Fsp3) is 0.333. The number of benzene rings is 2. The lowest BCUT2D eigenvalue weighted by Gasteiger charge is -2.26. The van der Waals surface area contributed by atoms with Crippen molar-refractivity contribution < 1.29 is 8.42 Å². The van der Waals surface area contributed by atoms with E-state index in [1.807, 2.05) is 66.1 Å². The molecule has 0 bridgehead atoms. The van der Waals surface area contributed by atoms with Gasteiger partial charge in [-0.25, -0.2) is 13.1 Å². The third-order valence-corrected chi connectivity index (χ3v) is 7.80. The number of halogens is 1. The first-order chi connectivity index (χ1) is 14.4. The Morgan fingerprint density at radius 3 is 2.47 bits per heavy atom. The third-order valence-electron chi connectivity index (χ3n) is 5.40. The van der Waals surface area contributed by atoms with E-state index in [2.05, 4.69) is 4.90 Å². The highest BCUT2D eigenvalue weighted by molar-refractivity contribution is 7.91. The van der Waals surface area contributed by atoms with E-state index in [0.717, 1.165) is 23.6 Å². The average Bonchev–Trinajstić information content (AvgIpc) is 3.26. The van der Waals surface area contributed by atoms with Crippen molar-refractivity contribution in [3.8, 4) is 17.1 Å². The Morgan fingerprint density at radius 2 is 1.87 bits per heavy atom. The number of hydrogen-bond donors (Lipinski definition) is 0. The molecule has 6 nitrogen and oxygen atoms in total. The van der Waals surface area contributed by atoms with E-state index in [9.17, 15) is 8.42 Å². The minimum atomic E-state index is -2.96. The molecule has 1 saturated heterocycles. The van der Waals surface area contributed by atoms with Crippen LogP contribution < -0.4 is 0 Å². The molecule has 0 saturated carbocycles. The van der Waals surface area contributed by atoms with E-state index in [1.165, 1.54) is 0 Å². The highest BCUT2D eigenvalue weighted by Gasteiger charge is 2.32. The average molecular weight is 463 g/mol. The van der Waals surface area contributed by atoms with Gasteiger partial charge in [-0.05, 0) is 61.6 Å². The van der Waals surface area contributed by atoms with Crippen molar-refractivity contribution >= 4 is 33.7 Å². The molecule has 30 heavy (non-hydrogen) atoms. The summed E-state index contributed by atoms with van der Waals surface area (Å²) in [6, 6.07) is 17.3. The van der Waals surface area contributed by atoms with Crippen LogP contribution in [-0.4, -0.2) is 51.8 Å². The summed E-state index contributed by atoms with van der Waals surface area (Å²) in [5.41, 5.74) is 1.82. The molecule has 3 aromatic rings. The molecule has 1 fully saturated rings. The molecule has 9 heteroatoms. The van der Waals surface area contributed by atoms with Gasteiger partial charge in [0.25, 0.3) is 0 Å². The topological polar surface area (TPSA) is 60.1 Å². The summed E-state index contributed by atoms with van der Waals surface area (Å²) in [5, 5.41) is 5.48. The fourth-order valence-corrected chi connectivity index (χ4v) is 5.98. The van der Waals surface area contributed by atoms with Crippen molar-refractivity contribution in [3.63, 3.8) is 0 Å². The Kier molecular flexibility index (Phi) is 6.11. The minimum absolute atomic E-state index is 0.0113. The quantitative estimate of drug-likeness (QED) is 0.514. The van der Waals surface area contributed by atoms with E-state index in [1.54, 1.807) is 4.68 Å². The molecule has 0 radical (unpaired) electrons. The standard InChI is InChI=1S/C21H23ClN4O2S2/c1-2-24(19-12-13-30(27,28)14-19)15-25-21(29)26(18-6-4-3-5-7-18)20(23-25)16-8-10-17(22)11-9-16/h3-11,19H,2,12-15H2,1H3. The van der Waals surface area contributed by atoms with Crippen LogP contribution in [0, 0.1) is 4.77 Å². The summed E-state index contributed by atoms with van der Waals surface area (Å²) in [6.45, 7) is 3.19. The number of aromatic nitrogens is 3. The first-order valence-corrected chi connectivity index (χ1v) is 12.4. The first-order valence-electron chi connectivity index (χ1n) is 9.83.